The summed E-state index contributed by atoms with van der Waals surface area (Å²) in [7, 11) is 0. The number of hydrogen-bond acceptors (Lipinski definition) is 4. The van der Waals surface area contributed by atoms with Crippen LogP contribution in [0.2, 0.25) is 0 Å². The van der Waals surface area contributed by atoms with Crippen molar-refractivity contribution in [2.75, 3.05) is 13.2 Å². The zero-order chi connectivity index (χ0) is 19.2. The quantitative estimate of drug-likeness (QED) is 0.405. The Balaban J connectivity index is 4.24. The average molecular weight is 361 g/mol. The molecule has 0 spiro atoms. The molecule has 25 heavy (non-hydrogen) atoms. The molecule has 0 aliphatic heterocycles. The van der Waals surface area contributed by atoms with Gasteiger partial charge in [0, 0.05) is 6.61 Å². The van der Waals surface area contributed by atoms with Gasteiger partial charge in [-0.25, -0.2) is 0 Å². The molecule has 0 saturated carbocycles. The van der Waals surface area contributed by atoms with E-state index in [1.807, 2.05) is 20.8 Å². The molecule has 0 bridgehead atoms. The maximum absolute atomic E-state index is 11.2. The first-order chi connectivity index (χ1) is 11.8. The summed E-state index contributed by atoms with van der Waals surface area (Å²) in [5.41, 5.74) is 0. The van der Waals surface area contributed by atoms with Gasteiger partial charge in [0.05, 0.1) is 36.9 Å². The molecule has 0 rings (SSSR count). The second-order valence-corrected chi connectivity index (χ2v) is 7.21. The summed E-state index contributed by atoms with van der Waals surface area (Å²) in [6.07, 6.45) is 5.85. The summed E-state index contributed by atoms with van der Waals surface area (Å²) in [4.78, 5) is 11.2. The normalized spacial score (nSPS) is 16.6. The molecule has 150 valence electrons. The third-order valence-corrected chi connectivity index (χ3v) is 4.24. The number of carboxylic acid groups (broad SMARTS) is 1. The highest BCUT2D eigenvalue weighted by atomic mass is 16.5. The maximum atomic E-state index is 11.2. The van der Waals surface area contributed by atoms with Crippen LogP contribution in [-0.4, -0.2) is 48.7 Å². The van der Waals surface area contributed by atoms with E-state index < -0.39 is 11.9 Å². The summed E-state index contributed by atoms with van der Waals surface area (Å²) < 4.78 is 17.6. The standard InChI is InChI=1S/C20H40O5/c1-7-10-18(23-13-9-12-16(5)25-15(3)4)14-24-19(11-8-2)17(6)20(21)22/h15-19H,7-14H2,1-6H3,(H,21,22). The van der Waals surface area contributed by atoms with Gasteiger partial charge in [-0.2, -0.15) is 0 Å². The Hall–Kier alpha value is -0.650. The molecule has 0 fully saturated rings. The number of aliphatic carboxylic acids is 1. The Morgan fingerprint density at radius 3 is 2.12 bits per heavy atom. The van der Waals surface area contributed by atoms with Gasteiger partial charge in [-0.3, -0.25) is 4.79 Å². The first kappa shape index (κ1) is 24.4. The fraction of sp³-hybridized carbons (Fsp3) is 0.950. The largest absolute Gasteiger partial charge is 0.481 e. The van der Waals surface area contributed by atoms with Crippen LogP contribution in [0.1, 0.15) is 80.1 Å². The van der Waals surface area contributed by atoms with Crippen LogP contribution in [0.4, 0.5) is 0 Å². The molecule has 0 saturated heterocycles. The lowest BCUT2D eigenvalue weighted by atomic mass is 10.0. The number of hydrogen-bond donors (Lipinski definition) is 1. The average Bonchev–Trinajstić information content (AvgIpc) is 2.53. The topological polar surface area (TPSA) is 65.0 Å². The van der Waals surface area contributed by atoms with Gasteiger partial charge in [-0.15, -0.1) is 0 Å². The van der Waals surface area contributed by atoms with Crippen LogP contribution in [0.5, 0.6) is 0 Å². The Bertz CT molecular complexity index is 332. The van der Waals surface area contributed by atoms with Crippen LogP contribution in [0, 0.1) is 5.92 Å². The van der Waals surface area contributed by atoms with Crippen molar-refractivity contribution < 1.29 is 24.1 Å². The van der Waals surface area contributed by atoms with Crippen molar-refractivity contribution in [3.63, 3.8) is 0 Å². The van der Waals surface area contributed by atoms with E-state index >= 15 is 0 Å². The van der Waals surface area contributed by atoms with E-state index in [1.54, 1.807) is 6.92 Å². The van der Waals surface area contributed by atoms with E-state index in [9.17, 15) is 9.90 Å². The van der Waals surface area contributed by atoms with Crippen LogP contribution in [0.15, 0.2) is 0 Å². The van der Waals surface area contributed by atoms with E-state index in [-0.39, 0.29) is 24.4 Å². The molecule has 5 nitrogen and oxygen atoms in total. The van der Waals surface area contributed by atoms with Crippen LogP contribution < -0.4 is 0 Å². The van der Waals surface area contributed by atoms with E-state index in [4.69, 9.17) is 14.2 Å². The summed E-state index contributed by atoms with van der Waals surface area (Å²) in [6.45, 7) is 13.2. The Morgan fingerprint density at radius 2 is 1.60 bits per heavy atom. The van der Waals surface area contributed by atoms with E-state index in [1.165, 1.54) is 0 Å². The molecule has 0 heterocycles. The van der Waals surface area contributed by atoms with Crippen molar-refractivity contribution in [1.82, 2.24) is 0 Å². The van der Waals surface area contributed by atoms with Gasteiger partial charge < -0.3 is 19.3 Å². The van der Waals surface area contributed by atoms with Gasteiger partial charge in [0.1, 0.15) is 0 Å². The highest BCUT2D eigenvalue weighted by Gasteiger charge is 2.24. The first-order valence-electron chi connectivity index (χ1n) is 9.93. The Kier molecular flexibility index (Phi) is 14.1. The van der Waals surface area contributed by atoms with Gasteiger partial charge >= 0.3 is 5.97 Å². The summed E-state index contributed by atoms with van der Waals surface area (Å²) in [5, 5.41) is 9.21. The van der Waals surface area contributed by atoms with Gasteiger partial charge in [0.15, 0.2) is 0 Å². The highest BCUT2D eigenvalue weighted by molar-refractivity contribution is 5.70. The smallest absolute Gasteiger partial charge is 0.308 e. The van der Waals surface area contributed by atoms with Crippen molar-refractivity contribution in [2.45, 2.75) is 104 Å². The Labute approximate surface area is 154 Å². The summed E-state index contributed by atoms with van der Waals surface area (Å²) >= 11 is 0. The molecule has 1 N–H and O–H groups in total. The molecule has 0 aromatic carbocycles. The second kappa shape index (κ2) is 14.5. The zero-order valence-corrected chi connectivity index (χ0v) is 17.1. The van der Waals surface area contributed by atoms with Crippen molar-refractivity contribution in [2.24, 2.45) is 5.92 Å². The minimum atomic E-state index is -0.800. The van der Waals surface area contributed by atoms with Crippen molar-refractivity contribution >= 4 is 5.97 Å². The van der Waals surface area contributed by atoms with Gasteiger partial charge in [0.25, 0.3) is 0 Å². The lowest BCUT2D eigenvalue weighted by Gasteiger charge is -2.25. The third kappa shape index (κ3) is 12.4. The lowest BCUT2D eigenvalue weighted by Crippen LogP contribution is -2.32. The molecular formula is C20H40O5. The van der Waals surface area contributed by atoms with Crippen LogP contribution in [0.25, 0.3) is 0 Å². The molecule has 0 radical (unpaired) electrons. The number of carboxylic acids is 1. The minimum absolute atomic E-state index is 0.0340. The molecule has 4 unspecified atom stereocenters. The number of carbonyl (C=O) groups is 1. The van der Waals surface area contributed by atoms with E-state index in [2.05, 4.69) is 13.8 Å². The van der Waals surface area contributed by atoms with E-state index in [0.29, 0.717) is 13.2 Å². The lowest BCUT2D eigenvalue weighted by molar-refractivity contribution is -0.148. The first-order valence-corrected chi connectivity index (χ1v) is 9.93. The molecule has 0 aromatic heterocycles. The number of rotatable bonds is 16. The SMILES string of the molecule is CCCC(COC(CCC)C(C)C(=O)O)OCCCC(C)OC(C)C. The molecule has 0 aromatic rings. The highest BCUT2D eigenvalue weighted by Crippen LogP contribution is 2.16. The minimum Gasteiger partial charge on any atom is -0.481 e. The van der Waals surface area contributed by atoms with Crippen molar-refractivity contribution in [3.8, 4) is 0 Å². The molecule has 0 aliphatic rings. The zero-order valence-electron chi connectivity index (χ0n) is 17.1. The molecule has 5 heteroatoms. The van der Waals surface area contributed by atoms with Gasteiger partial charge in [0.2, 0.25) is 0 Å². The van der Waals surface area contributed by atoms with Crippen LogP contribution >= 0.6 is 0 Å². The fourth-order valence-corrected chi connectivity index (χ4v) is 2.84. The molecular weight excluding hydrogens is 320 g/mol. The van der Waals surface area contributed by atoms with Crippen molar-refractivity contribution in [3.05, 3.63) is 0 Å². The fourth-order valence-electron chi connectivity index (χ4n) is 2.84. The monoisotopic (exact) mass is 360 g/mol. The predicted molar refractivity (Wildman–Crippen MR) is 101 cm³/mol. The summed E-state index contributed by atoms with van der Waals surface area (Å²) in [6, 6.07) is 0. The van der Waals surface area contributed by atoms with Crippen LogP contribution in [-0.2, 0) is 19.0 Å². The second-order valence-electron chi connectivity index (χ2n) is 7.21. The molecule has 0 amide bonds. The third-order valence-electron chi connectivity index (χ3n) is 4.24. The predicted octanol–water partition coefficient (Wildman–Crippen LogP) is 4.67. The van der Waals surface area contributed by atoms with Crippen LogP contribution in [0.3, 0.4) is 0 Å². The van der Waals surface area contributed by atoms with E-state index in [0.717, 1.165) is 38.5 Å². The van der Waals surface area contributed by atoms with Gasteiger partial charge in [-0.1, -0.05) is 26.7 Å². The summed E-state index contributed by atoms with van der Waals surface area (Å²) in [5.74, 6) is -1.29. The molecule has 4 atom stereocenters. The maximum Gasteiger partial charge on any atom is 0.308 e. The van der Waals surface area contributed by atoms with Gasteiger partial charge in [-0.05, 0) is 53.4 Å². The number of ether oxygens (including phenoxy) is 3. The van der Waals surface area contributed by atoms with Crippen molar-refractivity contribution in [1.29, 1.82) is 0 Å². The Morgan fingerprint density at radius 1 is 0.960 bits per heavy atom. The molecule has 0 aliphatic carbocycles.